The molecule has 1 N–H and O–H groups in total. The highest BCUT2D eigenvalue weighted by atomic mass is 16.5. The normalized spacial score (nSPS) is 12.2. The van der Waals surface area contributed by atoms with E-state index in [-0.39, 0.29) is 18.5 Å². The molecule has 0 spiro atoms. The summed E-state index contributed by atoms with van der Waals surface area (Å²) in [5, 5.41) is 8.26. The van der Waals surface area contributed by atoms with Crippen molar-refractivity contribution >= 4 is 11.9 Å². The Labute approximate surface area is 65.2 Å². The zero-order valence-corrected chi connectivity index (χ0v) is 6.66. The summed E-state index contributed by atoms with van der Waals surface area (Å²) in [7, 11) is 0. The number of rotatable bonds is 4. The van der Waals surface area contributed by atoms with E-state index >= 15 is 0 Å². The predicted octanol–water partition coefficient (Wildman–Crippen LogP) is 0.803. The van der Waals surface area contributed by atoms with Gasteiger partial charge < -0.3 is 9.84 Å². The van der Waals surface area contributed by atoms with E-state index in [0.29, 0.717) is 6.42 Å². The van der Waals surface area contributed by atoms with E-state index in [1.54, 1.807) is 6.92 Å². The summed E-state index contributed by atoms with van der Waals surface area (Å²) in [4.78, 5) is 20.4. The summed E-state index contributed by atoms with van der Waals surface area (Å²) < 4.78 is 4.70. The van der Waals surface area contributed by atoms with Crippen molar-refractivity contribution in [2.75, 3.05) is 0 Å². The van der Waals surface area contributed by atoms with E-state index in [4.69, 9.17) is 9.84 Å². The zero-order valence-electron chi connectivity index (χ0n) is 6.66. The van der Waals surface area contributed by atoms with Gasteiger partial charge in [-0.3, -0.25) is 9.59 Å². The molecule has 0 amide bonds. The lowest BCUT2D eigenvalue weighted by molar-refractivity contribution is -0.147. The molecule has 0 aromatic rings. The zero-order chi connectivity index (χ0) is 8.85. The quantitative estimate of drug-likeness (QED) is 0.618. The molecule has 0 heterocycles. The number of carbonyl (C=O) groups excluding carboxylic acids is 1. The number of carbonyl (C=O) groups is 2. The molecule has 1 atom stereocenters. The molecule has 0 saturated carbocycles. The molecule has 0 aliphatic carbocycles. The van der Waals surface area contributed by atoms with Gasteiger partial charge in [-0.2, -0.15) is 0 Å². The number of ether oxygens (including phenoxy) is 1. The predicted molar refractivity (Wildman–Crippen MR) is 38.1 cm³/mol. The molecule has 0 saturated heterocycles. The summed E-state index contributed by atoms with van der Waals surface area (Å²) in [6, 6.07) is 0. The van der Waals surface area contributed by atoms with Gasteiger partial charge in [-0.1, -0.05) is 0 Å². The highest BCUT2D eigenvalue weighted by molar-refractivity contribution is 5.67. The van der Waals surface area contributed by atoms with Crippen molar-refractivity contribution in [1.29, 1.82) is 0 Å². The van der Waals surface area contributed by atoms with Crippen LogP contribution >= 0.6 is 0 Å². The Bertz CT molecular complexity index is 153. The molecule has 1 unspecified atom stereocenters. The second-order valence-electron chi connectivity index (χ2n) is 2.35. The van der Waals surface area contributed by atoms with Crippen LogP contribution in [-0.2, 0) is 14.3 Å². The van der Waals surface area contributed by atoms with Crippen LogP contribution in [0, 0.1) is 0 Å². The van der Waals surface area contributed by atoms with Gasteiger partial charge in [-0.15, -0.1) is 0 Å². The lowest BCUT2D eigenvalue weighted by Crippen LogP contribution is -2.13. The third kappa shape index (κ3) is 6.83. The number of aliphatic carboxylic acids is 1. The van der Waals surface area contributed by atoms with E-state index in [1.807, 2.05) is 0 Å². The Kier molecular flexibility index (Phi) is 4.26. The fraction of sp³-hybridized carbons (Fsp3) is 0.714. The second-order valence-corrected chi connectivity index (χ2v) is 2.35. The van der Waals surface area contributed by atoms with E-state index in [1.165, 1.54) is 6.92 Å². The molecule has 4 heteroatoms. The van der Waals surface area contributed by atoms with Crippen LogP contribution < -0.4 is 0 Å². The first-order chi connectivity index (χ1) is 5.02. The molecule has 0 radical (unpaired) electrons. The third-order valence-corrected chi connectivity index (χ3v) is 1.13. The largest absolute Gasteiger partial charge is 0.481 e. The highest BCUT2D eigenvalue weighted by Gasteiger charge is 2.07. The molecular weight excluding hydrogens is 148 g/mol. The van der Waals surface area contributed by atoms with Crippen LogP contribution in [0.25, 0.3) is 0 Å². The van der Waals surface area contributed by atoms with Crippen molar-refractivity contribution in [3.63, 3.8) is 0 Å². The Hall–Kier alpha value is -1.06. The van der Waals surface area contributed by atoms with E-state index < -0.39 is 5.97 Å². The maximum atomic E-state index is 10.3. The van der Waals surface area contributed by atoms with E-state index in [2.05, 4.69) is 0 Å². The van der Waals surface area contributed by atoms with Crippen molar-refractivity contribution in [2.45, 2.75) is 32.8 Å². The minimum atomic E-state index is -0.871. The van der Waals surface area contributed by atoms with Gasteiger partial charge in [-0.25, -0.2) is 0 Å². The number of carboxylic acid groups (broad SMARTS) is 1. The molecule has 4 nitrogen and oxygen atoms in total. The van der Waals surface area contributed by atoms with E-state index in [0.717, 1.165) is 0 Å². The minimum absolute atomic E-state index is 0.0362. The first-order valence-corrected chi connectivity index (χ1v) is 3.41. The standard InChI is InChI=1S/C7H12O4/c1-5(11-6(2)8)3-4-7(9)10/h5H,3-4H2,1-2H3,(H,9,10). The van der Waals surface area contributed by atoms with Crippen LogP contribution in [0.5, 0.6) is 0 Å². The van der Waals surface area contributed by atoms with Crippen molar-refractivity contribution in [3.05, 3.63) is 0 Å². The van der Waals surface area contributed by atoms with Gasteiger partial charge in [0.1, 0.15) is 0 Å². The lowest BCUT2D eigenvalue weighted by atomic mass is 10.2. The molecule has 0 fully saturated rings. The van der Waals surface area contributed by atoms with Crippen LogP contribution in [0.1, 0.15) is 26.7 Å². The monoisotopic (exact) mass is 160 g/mol. The minimum Gasteiger partial charge on any atom is -0.481 e. The molecule has 0 bridgehead atoms. The van der Waals surface area contributed by atoms with Crippen molar-refractivity contribution in [2.24, 2.45) is 0 Å². The molecule has 0 aliphatic rings. The molecule has 0 aromatic heterocycles. The summed E-state index contributed by atoms with van der Waals surface area (Å²) in [5.41, 5.74) is 0. The van der Waals surface area contributed by atoms with Gasteiger partial charge in [0, 0.05) is 13.3 Å². The van der Waals surface area contributed by atoms with Crippen LogP contribution in [0.2, 0.25) is 0 Å². The molecule has 11 heavy (non-hydrogen) atoms. The van der Waals surface area contributed by atoms with Crippen molar-refractivity contribution < 1.29 is 19.4 Å². The smallest absolute Gasteiger partial charge is 0.303 e. The molecule has 64 valence electrons. The number of carboxylic acids is 1. The Morgan fingerprint density at radius 3 is 2.45 bits per heavy atom. The van der Waals surface area contributed by atoms with Crippen LogP contribution in [0.15, 0.2) is 0 Å². The van der Waals surface area contributed by atoms with Crippen LogP contribution in [0.3, 0.4) is 0 Å². The van der Waals surface area contributed by atoms with Gasteiger partial charge in [0.25, 0.3) is 0 Å². The fourth-order valence-corrected chi connectivity index (χ4v) is 0.669. The maximum absolute atomic E-state index is 10.3. The third-order valence-electron chi connectivity index (χ3n) is 1.13. The molecule has 0 aromatic carbocycles. The number of esters is 1. The first-order valence-electron chi connectivity index (χ1n) is 3.41. The van der Waals surface area contributed by atoms with Gasteiger partial charge in [0.2, 0.25) is 0 Å². The van der Waals surface area contributed by atoms with Gasteiger partial charge in [-0.05, 0) is 13.3 Å². The van der Waals surface area contributed by atoms with Gasteiger partial charge in [0.15, 0.2) is 0 Å². The van der Waals surface area contributed by atoms with E-state index in [9.17, 15) is 9.59 Å². The lowest BCUT2D eigenvalue weighted by Gasteiger charge is -2.09. The first kappa shape index (κ1) is 9.94. The Morgan fingerprint density at radius 1 is 1.55 bits per heavy atom. The summed E-state index contributed by atoms with van der Waals surface area (Å²) in [5.74, 6) is -1.24. The average Bonchev–Trinajstić information content (AvgIpc) is 1.82. The topological polar surface area (TPSA) is 63.6 Å². The van der Waals surface area contributed by atoms with Crippen LogP contribution in [0.4, 0.5) is 0 Å². The van der Waals surface area contributed by atoms with Crippen molar-refractivity contribution in [3.8, 4) is 0 Å². The van der Waals surface area contributed by atoms with Crippen molar-refractivity contribution in [1.82, 2.24) is 0 Å². The average molecular weight is 160 g/mol. The Balaban J connectivity index is 3.44. The second kappa shape index (κ2) is 4.71. The summed E-state index contributed by atoms with van der Waals surface area (Å²) in [6.07, 6.45) is 0.104. The Morgan fingerprint density at radius 2 is 2.09 bits per heavy atom. The molecule has 0 aliphatic heterocycles. The summed E-state index contributed by atoms with van der Waals surface area (Å²) >= 11 is 0. The van der Waals surface area contributed by atoms with Crippen LogP contribution in [-0.4, -0.2) is 23.1 Å². The highest BCUT2D eigenvalue weighted by Crippen LogP contribution is 2.01. The van der Waals surface area contributed by atoms with Gasteiger partial charge in [0.05, 0.1) is 6.10 Å². The molecular formula is C7H12O4. The number of hydrogen-bond donors (Lipinski definition) is 1. The SMILES string of the molecule is CC(=O)OC(C)CCC(=O)O. The summed E-state index contributed by atoms with van der Waals surface area (Å²) in [6.45, 7) is 2.97. The number of hydrogen-bond acceptors (Lipinski definition) is 3. The van der Waals surface area contributed by atoms with Gasteiger partial charge >= 0.3 is 11.9 Å². The molecule has 0 rings (SSSR count). The fourth-order valence-electron chi connectivity index (χ4n) is 0.669. The maximum Gasteiger partial charge on any atom is 0.303 e.